The van der Waals surface area contributed by atoms with Crippen molar-refractivity contribution in [2.75, 3.05) is 23.7 Å². The number of benzene rings is 1. The molecule has 3 heterocycles. The summed E-state index contributed by atoms with van der Waals surface area (Å²) >= 11 is 9.89. The lowest BCUT2D eigenvalue weighted by atomic mass is 9.74. The summed E-state index contributed by atoms with van der Waals surface area (Å²) in [6.07, 6.45) is 3.13. The van der Waals surface area contributed by atoms with E-state index in [4.69, 9.17) is 17.3 Å². The van der Waals surface area contributed by atoms with E-state index in [0.29, 0.717) is 15.2 Å². The van der Waals surface area contributed by atoms with Gasteiger partial charge in [0, 0.05) is 6.20 Å². The number of pyridine rings is 1. The average molecular weight is 408 g/mol. The summed E-state index contributed by atoms with van der Waals surface area (Å²) in [7, 11) is 0. The van der Waals surface area contributed by atoms with Crippen molar-refractivity contribution in [3.63, 3.8) is 0 Å². The van der Waals surface area contributed by atoms with Gasteiger partial charge in [-0.2, -0.15) is 0 Å². The van der Waals surface area contributed by atoms with Crippen molar-refractivity contribution >= 4 is 50.6 Å². The van der Waals surface area contributed by atoms with Gasteiger partial charge in [0.1, 0.15) is 10.8 Å². The van der Waals surface area contributed by atoms with Gasteiger partial charge in [0.25, 0.3) is 0 Å². The Bertz CT molecular complexity index is 835. The van der Waals surface area contributed by atoms with Crippen LogP contribution in [0.15, 0.2) is 34.9 Å². The summed E-state index contributed by atoms with van der Waals surface area (Å²) in [5.41, 5.74) is 7.89. The number of para-hydroxylation sites is 1. The van der Waals surface area contributed by atoms with E-state index in [-0.39, 0.29) is 11.7 Å². The number of halogens is 2. The molecule has 0 atom stereocenters. The molecule has 0 aliphatic carbocycles. The number of carbonyl (C=O) groups is 1. The highest BCUT2D eigenvalue weighted by atomic mass is 79.9. The van der Waals surface area contributed by atoms with Crippen molar-refractivity contribution in [1.29, 1.82) is 0 Å². The second-order valence-corrected chi connectivity index (χ2v) is 7.38. The quantitative estimate of drug-likeness (QED) is 0.760. The second-order valence-electron chi connectivity index (χ2n) is 6.14. The lowest BCUT2D eigenvalue weighted by Gasteiger charge is -2.33. The Labute approximate surface area is 153 Å². The lowest BCUT2D eigenvalue weighted by Crippen LogP contribution is -2.46. The van der Waals surface area contributed by atoms with E-state index >= 15 is 0 Å². The number of nitrogen functional groups attached to an aromatic ring is 1. The molecule has 2 aliphatic heterocycles. The molecule has 124 valence electrons. The molecular weight excluding hydrogens is 392 g/mol. The third-order valence-electron chi connectivity index (χ3n) is 4.93. The first kappa shape index (κ1) is 15.9. The van der Waals surface area contributed by atoms with Crippen molar-refractivity contribution in [3.05, 3.63) is 45.5 Å². The van der Waals surface area contributed by atoms with Crippen LogP contribution in [0.5, 0.6) is 0 Å². The van der Waals surface area contributed by atoms with Gasteiger partial charge in [-0.1, -0.05) is 29.8 Å². The first-order chi connectivity index (χ1) is 11.6. The van der Waals surface area contributed by atoms with Crippen molar-refractivity contribution in [3.8, 4) is 0 Å². The molecule has 1 amide bonds. The number of aromatic nitrogens is 1. The molecule has 1 aromatic heterocycles. The predicted octanol–water partition coefficient (Wildman–Crippen LogP) is 3.38. The number of rotatable bonds is 1. The smallest absolute Gasteiger partial charge is 0.242 e. The van der Waals surface area contributed by atoms with Gasteiger partial charge in [-0.05, 0) is 53.5 Å². The highest BCUT2D eigenvalue weighted by Crippen LogP contribution is 2.52. The minimum atomic E-state index is -0.497. The Hall–Kier alpha value is -1.63. The number of hydrogen-bond donors (Lipinski definition) is 2. The van der Waals surface area contributed by atoms with Crippen LogP contribution in [0.1, 0.15) is 18.4 Å². The zero-order valence-electron chi connectivity index (χ0n) is 12.9. The van der Waals surface area contributed by atoms with Crippen LogP contribution in [0.25, 0.3) is 0 Å². The van der Waals surface area contributed by atoms with Crippen molar-refractivity contribution in [1.82, 2.24) is 10.3 Å². The van der Waals surface area contributed by atoms with Crippen LogP contribution in [0.4, 0.5) is 17.2 Å². The summed E-state index contributed by atoms with van der Waals surface area (Å²) in [5, 5.41) is 3.63. The molecule has 4 rings (SSSR count). The van der Waals surface area contributed by atoms with E-state index in [0.717, 1.165) is 37.2 Å². The van der Waals surface area contributed by atoms with Gasteiger partial charge in [-0.15, -0.1) is 0 Å². The van der Waals surface area contributed by atoms with Crippen molar-refractivity contribution < 1.29 is 4.79 Å². The summed E-state index contributed by atoms with van der Waals surface area (Å²) in [4.78, 5) is 19.3. The molecule has 7 heteroatoms. The zero-order valence-corrected chi connectivity index (χ0v) is 15.2. The largest absolute Gasteiger partial charge is 0.382 e. The first-order valence-corrected chi connectivity index (χ1v) is 8.97. The third-order valence-corrected chi connectivity index (χ3v) is 5.88. The Morgan fingerprint density at radius 1 is 1.29 bits per heavy atom. The number of amides is 1. The molecule has 0 radical (unpaired) electrons. The highest BCUT2D eigenvalue weighted by Gasteiger charge is 2.52. The molecule has 2 aliphatic rings. The fourth-order valence-electron chi connectivity index (χ4n) is 3.75. The van der Waals surface area contributed by atoms with Crippen molar-refractivity contribution in [2.24, 2.45) is 0 Å². The van der Waals surface area contributed by atoms with Crippen LogP contribution >= 0.6 is 27.5 Å². The average Bonchev–Trinajstić information content (AvgIpc) is 2.83. The second kappa shape index (κ2) is 5.72. The topological polar surface area (TPSA) is 71.2 Å². The standard InChI is InChI=1S/C17H16BrClN4O/c18-11-9-22-15(20)13(19)14(11)23-12-4-2-1-3-10(12)17(16(23)24)5-7-21-8-6-17/h1-4,9,21H,5-8H2,(H2,20,22). The fraction of sp³-hybridized carbons (Fsp3) is 0.294. The van der Waals surface area contributed by atoms with Crippen LogP contribution < -0.4 is 16.0 Å². The molecule has 2 aromatic rings. The number of fused-ring (bicyclic) bond motifs is 2. The first-order valence-electron chi connectivity index (χ1n) is 7.80. The van der Waals surface area contributed by atoms with E-state index in [9.17, 15) is 4.79 Å². The van der Waals surface area contributed by atoms with Gasteiger partial charge in [-0.3, -0.25) is 9.69 Å². The maximum atomic E-state index is 13.5. The highest BCUT2D eigenvalue weighted by molar-refractivity contribution is 9.10. The van der Waals surface area contributed by atoms with Gasteiger partial charge in [-0.25, -0.2) is 4.98 Å². The van der Waals surface area contributed by atoms with Crippen LogP contribution in [0.2, 0.25) is 5.02 Å². The van der Waals surface area contributed by atoms with Gasteiger partial charge < -0.3 is 11.1 Å². The molecule has 1 aromatic carbocycles. The van der Waals surface area contributed by atoms with Gasteiger partial charge in [0.2, 0.25) is 5.91 Å². The SMILES string of the molecule is Nc1ncc(Br)c(N2C(=O)C3(CCNCC3)c3ccccc32)c1Cl. The summed E-state index contributed by atoms with van der Waals surface area (Å²) in [6, 6.07) is 7.93. The van der Waals surface area contributed by atoms with E-state index in [1.807, 2.05) is 24.3 Å². The number of anilines is 3. The normalized spacial score (nSPS) is 18.9. The van der Waals surface area contributed by atoms with E-state index in [2.05, 4.69) is 26.2 Å². The maximum absolute atomic E-state index is 13.5. The molecule has 0 bridgehead atoms. The lowest BCUT2D eigenvalue weighted by molar-refractivity contribution is -0.123. The Morgan fingerprint density at radius 3 is 2.75 bits per heavy atom. The fourth-order valence-corrected chi connectivity index (χ4v) is 4.57. The van der Waals surface area contributed by atoms with Gasteiger partial charge in [0.05, 0.1) is 21.3 Å². The molecule has 0 unspecified atom stereocenters. The molecule has 3 N–H and O–H groups in total. The number of nitrogens with two attached hydrogens (primary N) is 1. The minimum absolute atomic E-state index is 0.0541. The van der Waals surface area contributed by atoms with Gasteiger partial charge >= 0.3 is 0 Å². The van der Waals surface area contributed by atoms with Crippen LogP contribution in [-0.2, 0) is 10.2 Å². The number of hydrogen-bond acceptors (Lipinski definition) is 4. The van der Waals surface area contributed by atoms with Crippen molar-refractivity contribution in [2.45, 2.75) is 18.3 Å². The molecule has 0 saturated carbocycles. The number of carbonyl (C=O) groups excluding carboxylic acids is 1. The Morgan fingerprint density at radius 2 is 2.00 bits per heavy atom. The molecule has 24 heavy (non-hydrogen) atoms. The van der Waals surface area contributed by atoms with E-state index < -0.39 is 5.41 Å². The molecule has 1 spiro atoms. The van der Waals surface area contributed by atoms with E-state index in [1.54, 1.807) is 11.1 Å². The molecule has 1 fully saturated rings. The Balaban J connectivity index is 1.95. The molecule has 1 saturated heterocycles. The summed E-state index contributed by atoms with van der Waals surface area (Å²) < 4.78 is 0.649. The number of nitrogens with one attached hydrogen (secondary N) is 1. The monoisotopic (exact) mass is 406 g/mol. The van der Waals surface area contributed by atoms with Crippen LogP contribution in [-0.4, -0.2) is 24.0 Å². The summed E-state index contributed by atoms with van der Waals surface area (Å²) in [6.45, 7) is 1.64. The molecule has 5 nitrogen and oxygen atoms in total. The minimum Gasteiger partial charge on any atom is -0.382 e. The molecular formula is C17H16BrClN4O. The number of piperidine rings is 1. The maximum Gasteiger partial charge on any atom is 0.242 e. The predicted molar refractivity (Wildman–Crippen MR) is 98.7 cm³/mol. The Kier molecular flexibility index (Phi) is 3.78. The van der Waals surface area contributed by atoms with Crippen LogP contribution in [0, 0.1) is 0 Å². The number of nitrogens with zero attached hydrogens (tertiary/aromatic N) is 2. The van der Waals surface area contributed by atoms with E-state index in [1.165, 1.54) is 0 Å². The van der Waals surface area contributed by atoms with Crippen LogP contribution in [0.3, 0.4) is 0 Å². The third kappa shape index (κ3) is 2.10. The zero-order chi connectivity index (χ0) is 16.9. The van der Waals surface area contributed by atoms with Gasteiger partial charge in [0.15, 0.2) is 0 Å². The summed E-state index contributed by atoms with van der Waals surface area (Å²) in [5.74, 6) is 0.268.